The summed E-state index contributed by atoms with van der Waals surface area (Å²) in [4.78, 5) is 10.9. The summed E-state index contributed by atoms with van der Waals surface area (Å²) in [6.07, 6.45) is 2.23. The van der Waals surface area contributed by atoms with E-state index >= 15 is 0 Å². The quantitative estimate of drug-likeness (QED) is 0.735. The highest BCUT2D eigenvalue weighted by molar-refractivity contribution is 7.98. The Balaban J connectivity index is 1.97. The van der Waals surface area contributed by atoms with E-state index in [2.05, 4.69) is 5.32 Å². The fourth-order valence-corrected chi connectivity index (χ4v) is 1.71. The molecule has 0 aliphatic heterocycles. The Morgan fingerprint density at radius 3 is 3.14 bits per heavy atom. The molecule has 0 radical (unpaired) electrons. The highest BCUT2D eigenvalue weighted by atomic mass is 32.2. The van der Waals surface area contributed by atoms with E-state index in [-0.39, 0.29) is 5.91 Å². The van der Waals surface area contributed by atoms with Crippen LogP contribution in [0.5, 0.6) is 0 Å². The zero-order valence-electron chi connectivity index (χ0n) is 8.29. The van der Waals surface area contributed by atoms with E-state index in [1.165, 1.54) is 0 Å². The molecule has 0 spiro atoms. The normalized spacial score (nSPS) is 10.1. The maximum atomic E-state index is 10.9. The van der Waals surface area contributed by atoms with Crippen LogP contribution in [0.25, 0.3) is 0 Å². The van der Waals surface area contributed by atoms with Crippen LogP contribution in [0, 0.1) is 0 Å². The molecule has 0 aromatic carbocycles. The average Bonchev–Trinajstić information content (AvgIpc) is 2.69. The average molecular weight is 213 g/mol. The van der Waals surface area contributed by atoms with Crippen molar-refractivity contribution < 1.29 is 9.21 Å². The maximum absolute atomic E-state index is 10.9. The SMILES string of the molecule is CCC(=O)NCCSCc1ccco1. The minimum atomic E-state index is 0.114. The summed E-state index contributed by atoms with van der Waals surface area (Å²) in [7, 11) is 0. The third-order valence-corrected chi connectivity index (χ3v) is 2.70. The van der Waals surface area contributed by atoms with Crippen molar-refractivity contribution in [2.75, 3.05) is 12.3 Å². The lowest BCUT2D eigenvalue weighted by molar-refractivity contribution is -0.120. The fraction of sp³-hybridized carbons (Fsp3) is 0.500. The molecule has 0 atom stereocenters. The number of hydrogen-bond acceptors (Lipinski definition) is 3. The second-order valence-corrected chi connectivity index (χ2v) is 3.94. The summed E-state index contributed by atoms with van der Waals surface area (Å²) >= 11 is 1.75. The lowest BCUT2D eigenvalue weighted by Gasteiger charge is -2.01. The lowest BCUT2D eigenvalue weighted by atomic mass is 10.4. The van der Waals surface area contributed by atoms with E-state index in [1.54, 1.807) is 18.0 Å². The Labute approximate surface area is 88.2 Å². The van der Waals surface area contributed by atoms with Gasteiger partial charge in [-0.05, 0) is 12.1 Å². The topological polar surface area (TPSA) is 42.2 Å². The van der Waals surface area contributed by atoms with E-state index in [1.807, 2.05) is 19.1 Å². The minimum Gasteiger partial charge on any atom is -0.468 e. The summed E-state index contributed by atoms with van der Waals surface area (Å²) in [6.45, 7) is 2.59. The maximum Gasteiger partial charge on any atom is 0.219 e. The van der Waals surface area contributed by atoms with Crippen LogP contribution in [0.15, 0.2) is 22.8 Å². The Morgan fingerprint density at radius 2 is 2.50 bits per heavy atom. The second-order valence-electron chi connectivity index (χ2n) is 2.84. The number of furan rings is 1. The van der Waals surface area contributed by atoms with Crippen molar-refractivity contribution in [2.24, 2.45) is 0 Å². The van der Waals surface area contributed by atoms with E-state index in [9.17, 15) is 4.79 Å². The van der Waals surface area contributed by atoms with Crippen LogP contribution in [0.3, 0.4) is 0 Å². The van der Waals surface area contributed by atoms with Crippen LogP contribution < -0.4 is 5.32 Å². The first kappa shape index (κ1) is 11.2. The zero-order chi connectivity index (χ0) is 10.2. The lowest BCUT2D eigenvalue weighted by Crippen LogP contribution is -2.24. The van der Waals surface area contributed by atoms with Gasteiger partial charge < -0.3 is 9.73 Å². The van der Waals surface area contributed by atoms with Gasteiger partial charge in [0.15, 0.2) is 0 Å². The first-order valence-corrected chi connectivity index (χ1v) is 5.85. The molecule has 3 nitrogen and oxygen atoms in total. The van der Waals surface area contributed by atoms with Gasteiger partial charge in [-0.2, -0.15) is 11.8 Å². The molecule has 1 heterocycles. The van der Waals surface area contributed by atoms with Crippen LogP contribution in [0.2, 0.25) is 0 Å². The van der Waals surface area contributed by atoms with Crippen LogP contribution in [0.4, 0.5) is 0 Å². The molecule has 0 unspecified atom stereocenters. The molecule has 1 amide bonds. The molecule has 0 fully saturated rings. The summed E-state index contributed by atoms with van der Waals surface area (Å²) < 4.78 is 5.17. The van der Waals surface area contributed by atoms with Crippen molar-refractivity contribution in [3.8, 4) is 0 Å². The van der Waals surface area contributed by atoms with Crippen LogP contribution >= 0.6 is 11.8 Å². The van der Waals surface area contributed by atoms with Crippen molar-refractivity contribution in [3.63, 3.8) is 0 Å². The first-order valence-electron chi connectivity index (χ1n) is 4.69. The van der Waals surface area contributed by atoms with E-state index in [0.717, 1.165) is 23.8 Å². The van der Waals surface area contributed by atoms with Gasteiger partial charge in [0.05, 0.1) is 12.0 Å². The zero-order valence-corrected chi connectivity index (χ0v) is 9.10. The molecular formula is C10H15NO2S. The van der Waals surface area contributed by atoms with Crippen LogP contribution in [0.1, 0.15) is 19.1 Å². The number of carbonyl (C=O) groups excluding carboxylic acids is 1. The summed E-state index contributed by atoms with van der Waals surface area (Å²) in [5.74, 6) is 2.89. The Bertz CT molecular complexity index is 259. The number of thioether (sulfide) groups is 1. The number of amides is 1. The smallest absolute Gasteiger partial charge is 0.219 e. The highest BCUT2D eigenvalue weighted by Gasteiger charge is 1.97. The van der Waals surface area contributed by atoms with Gasteiger partial charge in [0.1, 0.15) is 5.76 Å². The van der Waals surface area contributed by atoms with Crippen molar-refractivity contribution in [1.82, 2.24) is 5.32 Å². The molecule has 1 aromatic heterocycles. The second kappa shape index (κ2) is 6.54. The third-order valence-electron chi connectivity index (χ3n) is 1.71. The summed E-state index contributed by atoms with van der Waals surface area (Å²) in [6, 6.07) is 3.84. The third kappa shape index (κ3) is 4.37. The molecule has 14 heavy (non-hydrogen) atoms. The molecule has 0 aliphatic rings. The van der Waals surface area contributed by atoms with E-state index in [4.69, 9.17) is 4.42 Å². The summed E-state index contributed by atoms with van der Waals surface area (Å²) in [5, 5.41) is 2.82. The van der Waals surface area contributed by atoms with Gasteiger partial charge in [-0.15, -0.1) is 0 Å². The van der Waals surface area contributed by atoms with Gasteiger partial charge in [-0.25, -0.2) is 0 Å². The van der Waals surface area contributed by atoms with Gasteiger partial charge >= 0.3 is 0 Å². The largest absolute Gasteiger partial charge is 0.468 e. The first-order chi connectivity index (χ1) is 6.83. The molecular weight excluding hydrogens is 198 g/mol. The van der Waals surface area contributed by atoms with E-state index in [0.29, 0.717) is 6.42 Å². The monoisotopic (exact) mass is 213 g/mol. The molecule has 1 aromatic rings. The predicted molar refractivity (Wildman–Crippen MR) is 58.2 cm³/mol. The fourth-order valence-electron chi connectivity index (χ4n) is 0.955. The minimum absolute atomic E-state index is 0.114. The molecule has 1 N–H and O–H groups in total. The van der Waals surface area contributed by atoms with Crippen LogP contribution in [-0.4, -0.2) is 18.2 Å². The van der Waals surface area contributed by atoms with Crippen molar-refractivity contribution in [2.45, 2.75) is 19.1 Å². The van der Waals surface area contributed by atoms with Crippen molar-refractivity contribution in [3.05, 3.63) is 24.2 Å². The number of carbonyl (C=O) groups is 1. The Hall–Kier alpha value is -0.900. The predicted octanol–water partition coefficient (Wildman–Crippen LogP) is 2.04. The van der Waals surface area contributed by atoms with Gasteiger partial charge in [0, 0.05) is 18.7 Å². The molecule has 0 bridgehead atoms. The van der Waals surface area contributed by atoms with Gasteiger partial charge in [0.25, 0.3) is 0 Å². The van der Waals surface area contributed by atoms with Crippen molar-refractivity contribution in [1.29, 1.82) is 0 Å². The molecule has 78 valence electrons. The van der Waals surface area contributed by atoms with Gasteiger partial charge in [0.2, 0.25) is 5.91 Å². The molecule has 4 heteroatoms. The highest BCUT2D eigenvalue weighted by Crippen LogP contribution is 2.11. The number of nitrogens with one attached hydrogen (secondary N) is 1. The molecule has 0 saturated heterocycles. The Morgan fingerprint density at radius 1 is 1.64 bits per heavy atom. The number of hydrogen-bond donors (Lipinski definition) is 1. The van der Waals surface area contributed by atoms with Crippen LogP contribution in [-0.2, 0) is 10.5 Å². The Kier molecular flexibility index (Phi) is 5.22. The van der Waals surface area contributed by atoms with Crippen molar-refractivity contribution >= 4 is 17.7 Å². The van der Waals surface area contributed by atoms with E-state index < -0.39 is 0 Å². The summed E-state index contributed by atoms with van der Waals surface area (Å²) in [5.41, 5.74) is 0. The van der Waals surface area contributed by atoms with Gasteiger partial charge in [-0.3, -0.25) is 4.79 Å². The van der Waals surface area contributed by atoms with Gasteiger partial charge in [-0.1, -0.05) is 6.92 Å². The molecule has 0 aliphatic carbocycles. The molecule has 0 saturated carbocycles. The standard InChI is InChI=1S/C10H15NO2S/c1-2-10(12)11-5-7-14-8-9-4-3-6-13-9/h3-4,6H,2,5,7-8H2,1H3,(H,11,12). The number of rotatable bonds is 6. The molecule has 1 rings (SSSR count).